The Labute approximate surface area is 206 Å². The number of thiazole rings is 1. The molecule has 0 saturated carbocycles. The van der Waals surface area contributed by atoms with E-state index in [-0.39, 0.29) is 12.3 Å². The van der Waals surface area contributed by atoms with Gasteiger partial charge in [-0.3, -0.25) is 5.43 Å². The summed E-state index contributed by atoms with van der Waals surface area (Å²) in [7, 11) is 0. The highest BCUT2D eigenvalue weighted by atomic mass is 32.1. The lowest BCUT2D eigenvalue weighted by molar-refractivity contribution is 0.242. The molecule has 0 spiro atoms. The van der Waals surface area contributed by atoms with Crippen LogP contribution in [0.5, 0.6) is 0 Å². The Morgan fingerprint density at radius 1 is 0.943 bits per heavy atom. The number of aliphatic hydroxyl groups is 1. The molecule has 2 aliphatic heterocycles. The largest absolute Gasteiger partial charge is 0.366 e. The number of hydrazone groups is 2. The number of aromatic nitrogens is 1. The molecule has 2 unspecified atom stereocenters. The average molecular weight is 483 g/mol. The molecule has 0 radical (unpaired) electrons. The van der Waals surface area contributed by atoms with E-state index in [4.69, 9.17) is 20.6 Å². The third-order valence-electron chi connectivity index (χ3n) is 5.80. The number of aliphatic hydroxyl groups excluding tert-OH is 1. The van der Waals surface area contributed by atoms with E-state index < -0.39 is 6.23 Å². The van der Waals surface area contributed by atoms with Gasteiger partial charge in [-0.2, -0.15) is 10.2 Å². The van der Waals surface area contributed by atoms with Crippen molar-refractivity contribution in [1.82, 2.24) is 4.98 Å². The fourth-order valence-corrected chi connectivity index (χ4v) is 4.69. The Morgan fingerprint density at radius 2 is 1.60 bits per heavy atom. The number of hydrogen-bond donors (Lipinski definition) is 3. The number of nitrogens with two attached hydrogens (primary N) is 1. The maximum absolute atomic E-state index is 11.2. The Balaban J connectivity index is 1.29. The molecule has 1 aromatic heterocycles. The monoisotopic (exact) mass is 482 g/mol. The van der Waals surface area contributed by atoms with Gasteiger partial charge in [0.05, 0.1) is 11.4 Å². The molecule has 174 valence electrons. The van der Waals surface area contributed by atoms with E-state index in [0.29, 0.717) is 16.6 Å². The fourth-order valence-electron chi connectivity index (χ4n) is 3.89. The summed E-state index contributed by atoms with van der Waals surface area (Å²) in [6.07, 6.45) is -1.37. The minimum Gasteiger partial charge on any atom is -0.366 e. The van der Waals surface area contributed by atoms with Gasteiger partial charge < -0.3 is 15.6 Å². The van der Waals surface area contributed by atoms with E-state index in [9.17, 15) is 5.11 Å². The first-order valence-electron chi connectivity index (χ1n) is 11.1. The summed E-state index contributed by atoms with van der Waals surface area (Å²) in [4.78, 5) is 4.71. The quantitative estimate of drug-likeness (QED) is 0.281. The number of rotatable bonds is 6. The van der Waals surface area contributed by atoms with Crippen LogP contribution in [-0.2, 0) is 4.74 Å². The Morgan fingerprint density at radius 3 is 2.26 bits per heavy atom. The smallest absolute Gasteiger partial charge is 0.209 e. The molecule has 1 fully saturated rings. The van der Waals surface area contributed by atoms with E-state index in [0.717, 1.165) is 28.1 Å². The highest BCUT2D eigenvalue weighted by Crippen LogP contribution is 2.35. The van der Waals surface area contributed by atoms with E-state index in [1.165, 1.54) is 16.3 Å². The summed E-state index contributed by atoms with van der Waals surface area (Å²) in [5.41, 5.74) is 14.3. The van der Waals surface area contributed by atoms with Crippen molar-refractivity contribution < 1.29 is 9.84 Å². The molecule has 3 atom stereocenters. The molecule has 6 rings (SSSR count). The number of anilines is 2. The fraction of sp³-hybridized carbons (Fsp3) is 0.115. The molecule has 35 heavy (non-hydrogen) atoms. The summed E-state index contributed by atoms with van der Waals surface area (Å²) >= 11 is 1.42. The van der Waals surface area contributed by atoms with Crippen LogP contribution in [0, 0.1) is 0 Å². The minimum atomic E-state index is -1.09. The van der Waals surface area contributed by atoms with Gasteiger partial charge >= 0.3 is 0 Å². The molecule has 1 saturated heterocycles. The zero-order valence-corrected chi connectivity index (χ0v) is 19.3. The zero-order valence-electron chi connectivity index (χ0n) is 18.5. The summed E-state index contributed by atoms with van der Waals surface area (Å²) in [5.74, 6) is 0. The van der Waals surface area contributed by atoms with Gasteiger partial charge in [0.1, 0.15) is 23.8 Å². The summed E-state index contributed by atoms with van der Waals surface area (Å²) in [5, 5.41) is 24.5. The molecule has 0 aliphatic carbocycles. The van der Waals surface area contributed by atoms with Gasteiger partial charge in [-0.25, -0.2) is 9.99 Å². The number of nitrogens with one attached hydrogen (secondary N) is 1. The first kappa shape index (κ1) is 21.6. The lowest BCUT2D eigenvalue weighted by Crippen LogP contribution is -2.34. The van der Waals surface area contributed by atoms with Crippen LogP contribution in [0.3, 0.4) is 0 Å². The molecule has 0 bridgehead atoms. The molecule has 4 aromatic rings. The van der Waals surface area contributed by atoms with E-state index in [1.54, 1.807) is 0 Å². The Kier molecular flexibility index (Phi) is 5.59. The van der Waals surface area contributed by atoms with Gasteiger partial charge in [0.15, 0.2) is 6.23 Å². The second-order valence-corrected chi connectivity index (χ2v) is 9.00. The molecule has 2 aliphatic rings. The standard InChI is InChI=1S/C26H22N6O2S/c27-24-23(34-24)18-11-13-19(14-12-18)29-30-22-21(17-9-5-2-6-10-17)31-32(25(22)33)26-28-20(15-35-26)16-7-3-1-4-8-16/h1-15,23-25,29,33H,27H2/b30-22+/t23?,24-,25?/m1/s1. The number of ether oxygens (including phenoxy) is 1. The third kappa shape index (κ3) is 4.33. The van der Waals surface area contributed by atoms with E-state index >= 15 is 0 Å². The van der Waals surface area contributed by atoms with Gasteiger partial charge in [0.2, 0.25) is 5.13 Å². The highest BCUT2D eigenvalue weighted by Gasteiger charge is 2.37. The molecule has 4 N–H and O–H groups in total. The van der Waals surface area contributed by atoms with Crippen molar-refractivity contribution >= 4 is 33.6 Å². The van der Waals surface area contributed by atoms with Crippen LogP contribution >= 0.6 is 11.3 Å². The van der Waals surface area contributed by atoms with Crippen LogP contribution in [0.25, 0.3) is 11.3 Å². The van der Waals surface area contributed by atoms with Crippen LogP contribution in [-0.4, -0.2) is 34.0 Å². The van der Waals surface area contributed by atoms with Crippen molar-refractivity contribution in [3.63, 3.8) is 0 Å². The predicted molar refractivity (Wildman–Crippen MR) is 138 cm³/mol. The van der Waals surface area contributed by atoms with Crippen molar-refractivity contribution in [2.24, 2.45) is 15.9 Å². The number of epoxide rings is 1. The van der Waals surface area contributed by atoms with Crippen LogP contribution in [0.4, 0.5) is 10.8 Å². The second-order valence-electron chi connectivity index (χ2n) is 8.17. The van der Waals surface area contributed by atoms with E-state index in [2.05, 4.69) is 10.5 Å². The third-order valence-corrected chi connectivity index (χ3v) is 6.63. The van der Waals surface area contributed by atoms with E-state index in [1.807, 2.05) is 90.3 Å². The maximum Gasteiger partial charge on any atom is 0.209 e. The molecule has 0 amide bonds. The predicted octanol–water partition coefficient (Wildman–Crippen LogP) is 4.18. The summed E-state index contributed by atoms with van der Waals surface area (Å²) in [6, 6.07) is 27.3. The topological polar surface area (TPSA) is 112 Å². The Bertz CT molecular complexity index is 1390. The van der Waals surface area contributed by atoms with Crippen molar-refractivity contribution in [2.75, 3.05) is 10.4 Å². The van der Waals surface area contributed by atoms with Crippen LogP contribution in [0.2, 0.25) is 0 Å². The van der Waals surface area contributed by atoms with Crippen LogP contribution < -0.4 is 16.2 Å². The lowest BCUT2D eigenvalue weighted by Gasteiger charge is -2.15. The normalized spacial score (nSPS) is 22.3. The van der Waals surface area contributed by atoms with Gasteiger partial charge in [0.25, 0.3) is 0 Å². The molecular weight excluding hydrogens is 460 g/mol. The average Bonchev–Trinajstić information content (AvgIpc) is 3.29. The molecular formula is C26H22N6O2S. The first-order chi connectivity index (χ1) is 17.2. The first-order valence-corrected chi connectivity index (χ1v) is 12.0. The van der Waals surface area contributed by atoms with Gasteiger partial charge in [-0.05, 0) is 17.7 Å². The molecule has 3 aromatic carbocycles. The van der Waals surface area contributed by atoms with Crippen molar-refractivity contribution in [3.8, 4) is 11.3 Å². The maximum atomic E-state index is 11.2. The van der Waals surface area contributed by atoms with Crippen LogP contribution in [0.1, 0.15) is 17.2 Å². The molecule has 9 heteroatoms. The minimum absolute atomic E-state index is 0.0449. The zero-order chi connectivity index (χ0) is 23.8. The summed E-state index contributed by atoms with van der Waals surface area (Å²) < 4.78 is 5.32. The van der Waals surface area contributed by atoms with Crippen LogP contribution in [0.15, 0.2) is 101 Å². The van der Waals surface area contributed by atoms with Gasteiger partial charge in [-0.1, -0.05) is 72.8 Å². The Hall–Kier alpha value is -3.89. The highest BCUT2D eigenvalue weighted by molar-refractivity contribution is 7.14. The lowest BCUT2D eigenvalue weighted by atomic mass is 10.1. The molecule has 3 heterocycles. The summed E-state index contributed by atoms with van der Waals surface area (Å²) in [6.45, 7) is 0. The van der Waals surface area contributed by atoms with Gasteiger partial charge in [-0.15, -0.1) is 11.3 Å². The van der Waals surface area contributed by atoms with Gasteiger partial charge in [0, 0.05) is 16.5 Å². The van der Waals surface area contributed by atoms with Crippen molar-refractivity contribution in [1.29, 1.82) is 0 Å². The second kappa shape index (κ2) is 9.05. The van der Waals surface area contributed by atoms with Crippen molar-refractivity contribution in [3.05, 3.63) is 101 Å². The number of nitrogens with zero attached hydrogens (tertiary/aromatic N) is 4. The molecule has 8 nitrogen and oxygen atoms in total. The SMILES string of the molecule is N[C@@H]1OC1c1ccc(N/N=C2\C(c3ccccc3)=NN(c3nc(-c4ccccc4)cs3)C2O)cc1. The number of benzene rings is 3. The number of hydrogen-bond acceptors (Lipinski definition) is 9. The van der Waals surface area contributed by atoms with Crippen molar-refractivity contribution in [2.45, 2.75) is 18.6 Å².